The van der Waals surface area contributed by atoms with Gasteiger partial charge in [-0.15, -0.1) is 0 Å². The number of rotatable bonds is 4. The average Bonchev–Trinajstić information content (AvgIpc) is 2.16. The molecule has 2 aliphatic rings. The molecular formula is C12H24N2O. The highest BCUT2D eigenvalue weighted by atomic mass is 16.5. The van der Waals surface area contributed by atoms with Gasteiger partial charge >= 0.3 is 0 Å². The number of hydrogen-bond acceptors (Lipinski definition) is 3. The SMILES string of the molecule is CCNC1CCOCC1N(C)C1CCC1. The van der Waals surface area contributed by atoms with Gasteiger partial charge in [0.25, 0.3) is 0 Å². The van der Waals surface area contributed by atoms with Crippen LogP contribution in [0.5, 0.6) is 0 Å². The minimum Gasteiger partial charge on any atom is -0.380 e. The van der Waals surface area contributed by atoms with Crippen molar-refractivity contribution in [3.63, 3.8) is 0 Å². The van der Waals surface area contributed by atoms with Crippen LogP contribution < -0.4 is 5.32 Å². The third-order valence-electron chi connectivity index (χ3n) is 3.97. The molecule has 0 aromatic carbocycles. The zero-order valence-corrected chi connectivity index (χ0v) is 10.0. The lowest BCUT2D eigenvalue weighted by Gasteiger charge is -2.45. The van der Waals surface area contributed by atoms with Gasteiger partial charge in [-0.3, -0.25) is 4.90 Å². The maximum atomic E-state index is 5.62. The summed E-state index contributed by atoms with van der Waals surface area (Å²) in [5.41, 5.74) is 0. The molecule has 1 aliphatic heterocycles. The largest absolute Gasteiger partial charge is 0.380 e. The molecular weight excluding hydrogens is 188 g/mol. The van der Waals surface area contributed by atoms with E-state index in [0.717, 1.165) is 32.2 Å². The third-order valence-corrected chi connectivity index (χ3v) is 3.97. The van der Waals surface area contributed by atoms with Gasteiger partial charge in [0.05, 0.1) is 6.61 Å². The van der Waals surface area contributed by atoms with Crippen molar-refractivity contribution in [1.29, 1.82) is 0 Å². The van der Waals surface area contributed by atoms with Gasteiger partial charge in [-0.05, 0) is 32.9 Å². The topological polar surface area (TPSA) is 24.5 Å². The fourth-order valence-electron chi connectivity index (χ4n) is 2.69. The van der Waals surface area contributed by atoms with Gasteiger partial charge in [0.15, 0.2) is 0 Å². The molecule has 3 heteroatoms. The molecule has 0 bridgehead atoms. The van der Waals surface area contributed by atoms with E-state index in [9.17, 15) is 0 Å². The normalized spacial score (nSPS) is 33.0. The molecule has 0 radical (unpaired) electrons. The second kappa shape index (κ2) is 5.28. The molecule has 1 aliphatic carbocycles. The summed E-state index contributed by atoms with van der Waals surface area (Å²) in [7, 11) is 2.27. The Labute approximate surface area is 93.2 Å². The summed E-state index contributed by atoms with van der Waals surface area (Å²) in [4.78, 5) is 2.55. The summed E-state index contributed by atoms with van der Waals surface area (Å²) in [6, 6.07) is 2.04. The Balaban J connectivity index is 1.90. The van der Waals surface area contributed by atoms with Crippen LogP contribution in [0.15, 0.2) is 0 Å². The Kier molecular flexibility index (Phi) is 4.00. The standard InChI is InChI=1S/C12H24N2O/c1-3-13-11-7-8-15-9-12(11)14(2)10-5-4-6-10/h10-13H,3-9H2,1-2H3. The highest BCUT2D eigenvalue weighted by Crippen LogP contribution is 2.27. The molecule has 88 valence electrons. The minimum absolute atomic E-state index is 0.587. The van der Waals surface area contributed by atoms with Gasteiger partial charge in [-0.1, -0.05) is 13.3 Å². The van der Waals surface area contributed by atoms with Crippen molar-refractivity contribution >= 4 is 0 Å². The minimum atomic E-state index is 0.587. The molecule has 1 saturated heterocycles. The van der Waals surface area contributed by atoms with Crippen molar-refractivity contribution in [1.82, 2.24) is 10.2 Å². The van der Waals surface area contributed by atoms with E-state index >= 15 is 0 Å². The van der Waals surface area contributed by atoms with E-state index in [2.05, 4.69) is 24.2 Å². The Morgan fingerprint density at radius 1 is 1.33 bits per heavy atom. The third kappa shape index (κ3) is 2.52. The van der Waals surface area contributed by atoms with Crippen LogP contribution >= 0.6 is 0 Å². The van der Waals surface area contributed by atoms with Crippen LogP contribution in [-0.4, -0.2) is 49.8 Å². The Morgan fingerprint density at radius 3 is 2.73 bits per heavy atom. The fourth-order valence-corrected chi connectivity index (χ4v) is 2.69. The first-order chi connectivity index (χ1) is 7.33. The van der Waals surface area contributed by atoms with Crippen molar-refractivity contribution in [3.8, 4) is 0 Å². The maximum absolute atomic E-state index is 5.62. The number of nitrogens with zero attached hydrogens (tertiary/aromatic N) is 1. The zero-order chi connectivity index (χ0) is 10.7. The summed E-state index contributed by atoms with van der Waals surface area (Å²) < 4.78 is 5.62. The highest BCUT2D eigenvalue weighted by Gasteiger charge is 2.33. The quantitative estimate of drug-likeness (QED) is 0.759. The van der Waals surface area contributed by atoms with Crippen LogP contribution in [0.25, 0.3) is 0 Å². The lowest BCUT2D eigenvalue weighted by molar-refractivity contribution is -0.0210. The van der Waals surface area contributed by atoms with Gasteiger partial charge in [-0.2, -0.15) is 0 Å². The van der Waals surface area contributed by atoms with Gasteiger partial charge in [0.2, 0.25) is 0 Å². The van der Waals surface area contributed by atoms with Crippen LogP contribution in [0.1, 0.15) is 32.6 Å². The number of hydrogen-bond donors (Lipinski definition) is 1. The monoisotopic (exact) mass is 212 g/mol. The first kappa shape index (κ1) is 11.4. The average molecular weight is 212 g/mol. The molecule has 0 aromatic rings. The van der Waals surface area contributed by atoms with Crippen molar-refractivity contribution in [2.24, 2.45) is 0 Å². The van der Waals surface area contributed by atoms with Crippen LogP contribution in [0, 0.1) is 0 Å². The van der Waals surface area contributed by atoms with E-state index in [4.69, 9.17) is 4.74 Å². The number of ether oxygens (including phenoxy) is 1. The van der Waals surface area contributed by atoms with E-state index < -0.39 is 0 Å². The fraction of sp³-hybridized carbons (Fsp3) is 1.00. The van der Waals surface area contributed by atoms with Crippen LogP contribution in [0.2, 0.25) is 0 Å². The van der Waals surface area contributed by atoms with Crippen LogP contribution in [0.4, 0.5) is 0 Å². The lowest BCUT2D eigenvalue weighted by Crippen LogP contribution is -2.57. The van der Waals surface area contributed by atoms with E-state index in [-0.39, 0.29) is 0 Å². The zero-order valence-electron chi connectivity index (χ0n) is 10.0. The first-order valence-corrected chi connectivity index (χ1v) is 6.36. The van der Waals surface area contributed by atoms with Crippen molar-refractivity contribution in [2.75, 3.05) is 26.8 Å². The Morgan fingerprint density at radius 2 is 2.13 bits per heavy atom. The van der Waals surface area contributed by atoms with Gasteiger partial charge < -0.3 is 10.1 Å². The van der Waals surface area contributed by atoms with E-state index in [1.165, 1.54) is 19.3 Å². The Hall–Kier alpha value is -0.120. The first-order valence-electron chi connectivity index (χ1n) is 6.36. The van der Waals surface area contributed by atoms with E-state index in [0.29, 0.717) is 12.1 Å². The molecule has 3 nitrogen and oxygen atoms in total. The summed E-state index contributed by atoms with van der Waals surface area (Å²) in [6.07, 6.45) is 5.34. The van der Waals surface area contributed by atoms with Crippen molar-refractivity contribution in [3.05, 3.63) is 0 Å². The molecule has 2 rings (SSSR count). The molecule has 2 fully saturated rings. The molecule has 15 heavy (non-hydrogen) atoms. The molecule has 0 aromatic heterocycles. The molecule has 0 amide bonds. The summed E-state index contributed by atoms with van der Waals surface area (Å²) in [5.74, 6) is 0. The second-order valence-electron chi connectivity index (χ2n) is 4.85. The Bertz CT molecular complexity index is 190. The van der Waals surface area contributed by atoms with Crippen molar-refractivity contribution < 1.29 is 4.74 Å². The van der Waals surface area contributed by atoms with E-state index in [1.54, 1.807) is 0 Å². The second-order valence-corrected chi connectivity index (χ2v) is 4.85. The van der Waals surface area contributed by atoms with Crippen LogP contribution in [-0.2, 0) is 4.74 Å². The van der Waals surface area contributed by atoms with Crippen molar-refractivity contribution in [2.45, 2.75) is 50.7 Å². The molecule has 2 atom stereocenters. The highest BCUT2D eigenvalue weighted by molar-refractivity contribution is 4.91. The predicted molar refractivity (Wildman–Crippen MR) is 62.1 cm³/mol. The van der Waals surface area contributed by atoms with Gasteiger partial charge in [-0.25, -0.2) is 0 Å². The predicted octanol–water partition coefficient (Wildman–Crippen LogP) is 1.24. The molecule has 1 saturated carbocycles. The molecule has 0 spiro atoms. The van der Waals surface area contributed by atoms with E-state index in [1.807, 2.05) is 0 Å². The molecule has 1 heterocycles. The summed E-state index contributed by atoms with van der Waals surface area (Å²) in [6.45, 7) is 5.09. The number of nitrogens with one attached hydrogen (secondary N) is 1. The molecule has 1 N–H and O–H groups in total. The van der Waals surface area contributed by atoms with Gasteiger partial charge in [0.1, 0.15) is 0 Å². The summed E-state index contributed by atoms with van der Waals surface area (Å²) >= 11 is 0. The number of likely N-dealkylation sites (N-methyl/N-ethyl adjacent to an activating group) is 2. The summed E-state index contributed by atoms with van der Waals surface area (Å²) in [5, 5.41) is 3.60. The smallest absolute Gasteiger partial charge is 0.0637 e. The lowest BCUT2D eigenvalue weighted by atomic mass is 9.89. The van der Waals surface area contributed by atoms with Crippen LogP contribution in [0.3, 0.4) is 0 Å². The van der Waals surface area contributed by atoms with Gasteiger partial charge in [0, 0.05) is 24.7 Å². The maximum Gasteiger partial charge on any atom is 0.0637 e. The molecule has 2 unspecified atom stereocenters.